The molecule has 1 fully saturated rings. The molecule has 1 amide bonds. The maximum Gasteiger partial charge on any atom is 0.287 e. The summed E-state index contributed by atoms with van der Waals surface area (Å²) < 4.78 is 37.9. The van der Waals surface area contributed by atoms with Crippen LogP contribution in [0.25, 0.3) is 0 Å². The van der Waals surface area contributed by atoms with Crippen LogP contribution >= 0.6 is 0 Å². The van der Waals surface area contributed by atoms with Crippen LogP contribution in [-0.2, 0) is 27.7 Å². The molecule has 1 N–H and O–H groups in total. The predicted molar refractivity (Wildman–Crippen MR) is 117 cm³/mol. The lowest BCUT2D eigenvalue weighted by molar-refractivity contribution is 0.0730. The third-order valence-electron chi connectivity index (χ3n) is 5.97. The normalized spacial score (nSPS) is 18.9. The van der Waals surface area contributed by atoms with E-state index in [0.29, 0.717) is 56.0 Å². The van der Waals surface area contributed by atoms with E-state index in [0.717, 1.165) is 5.56 Å². The third kappa shape index (κ3) is 4.37. The van der Waals surface area contributed by atoms with Crippen LogP contribution in [0.1, 0.15) is 58.1 Å². The van der Waals surface area contributed by atoms with Crippen molar-refractivity contribution in [2.75, 3.05) is 26.3 Å². The highest BCUT2D eigenvalue weighted by atomic mass is 32.2. The number of carbonyl (C=O) groups is 2. The van der Waals surface area contributed by atoms with Gasteiger partial charge in [-0.1, -0.05) is 26.0 Å². The lowest BCUT2D eigenvalue weighted by Crippen LogP contribution is -2.40. The van der Waals surface area contributed by atoms with Gasteiger partial charge < -0.3 is 14.5 Å². The van der Waals surface area contributed by atoms with Crippen molar-refractivity contribution in [2.45, 2.75) is 45.1 Å². The molecule has 0 spiro atoms. The van der Waals surface area contributed by atoms with Gasteiger partial charge in [-0.2, -0.15) is 4.31 Å². The topological polar surface area (TPSA) is 106 Å². The molecule has 2 heterocycles. The summed E-state index contributed by atoms with van der Waals surface area (Å²) in [4.78, 5) is 25.5. The molecular weight excluding hydrogens is 432 g/mol. The summed E-state index contributed by atoms with van der Waals surface area (Å²) in [5.74, 6) is 0.347. The van der Waals surface area contributed by atoms with Gasteiger partial charge in [0.05, 0.1) is 23.7 Å². The molecule has 4 rings (SSSR count). The molecule has 1 aliphatic heterocycles. The van der Waals surface area contributed by atoms with E-state index >= 15 is 0 Å². The molecule has 2 aromatic rings. The fourth-order valence-electron chi connectivity index (χ4n) is 4.28. The zero-order valence-electron chi connectivity index (χ0n) is 18.6. The van der Waals surface area contributed by atoms with Crippen molar-refractivity contribution >= 4 is 21.7 Å². The van der Waals surface area contributed by atoms with E-state index in [1.54, 1.807) is 31.2 Å². The molecule has 0 bridgehead atoms. The molecule has 0 atom stereocenters. The van der Waals surface area contributed by atoms with Gasteiger partial charge in [0.25, 0.3) is 5.91 Å². The van der Waals surface area contributed by atoms with Crippen molar-refractivity contribution in [1.82, 2.24) is 9.62 Å². The van der Waals surface area contributed by atoms with Crippen LogP contribution in [0.3, 0.4) is 0 Å². The predicted octanol–water partition coefficient (Wildman–Crippen LogP) is 2.69. The Morgan fingerprint density at radius 3 is 2.44 bits per heavy atom. The summed E-state index contributed by atoms with van der Waals surface area (Å²) >= 11 is 0. The largest absolute Gasteiger partial charge is 0.455 e. The highest BCUT2D eigenvalue weighted by molar-refractivity contribution is 7.89. The van der Waals surface area contributed by atoms with Crippen LogP contribution in [0.5, 0.6) is 0 Å². The molecule has 0 saturated carbocycles. The van der Waals surface area contributed by atoms with Gasteiger partial charge in [-0.25, -0.2) is 8.42 Å². The summed E-state index contributed by atoms with van der Waals surface area (Å²) in [5, 5.41) is 2.80. The summed E-state index contributed by atoms with van der Waals surface area (Å²) in [6.07, 6.45) is 1.04. The van der Waals surface area contributed by atoms with Crippen molar-refractivity contribution < 1.29 is 27.2 Å². The van der Waals surface area contributed by atoms with Crippen LogP contribution in [0.2, 0.25) is 0 Å². The molecule has 1 aliphatic carbocycles. The van der Waals surface area contributed by atoms with Gasteiger partial charge in [0.2, 0.25) is 10.0 Å². The minimum absolute atomic E-state index is 0.00798. The smallest absolute Gasteiger partial charge is 0.287 e. The number of morpholine rings is 1. The van der Waals surface area contributed by atoms with Crippen LogP contribution in [0, 0.1) is 12.3 Å². The first-order valence-corrected chi connectivity index (χ1v) is 12.1. The molecule has 32 heavy (non-hydrogen) atoms. The van der Waals surface area contributed by atoms with Gasteiger partial charge in [-0.05, 0) is 30.0 Å². The molecule has 1 saturated heterocycles. The van der Waals surface area contributed by atoms with Gasteiger partial charge in [-0.3, -0.25) is 9.59 Å². The second-order valence-corrected chi connectivity index (χ2v) is 11.1. The summed E-state index contributed by atoms with van der Waals surface area (Å²) in [6, 6.07) is 6.45. The van der Waals surface area contributed by atoms with E-state index < -0.39 is 15.9 Å². The number of carbonyl (C=O) groups excluding carboxylic acids is 2. The van der Waals surface area contributed by atoms with Crippen LogP contribution in [0.15, 0.2) is 33.6 Å². The number of sulfonamides is 1. The first-order valence-electron chi connectivity index (χ1n) is 10.7. The SMILES string of the molecule is Cc1c(C(=O)NCc2ccc(S(=O)(=O)N3CCOCC3)cc2)oc2c1C(=O)CC(C)(C)C2. The number of ether oxygens (including phenoxy) is 1. The monoisotopic (exact) mass is 460 g/mol. The van der Waals surface area contributed by atoms with E-state index in [2.05, 4.69) is 5.32 Å². The average molecular weight is 461 g/mol. The number of hydrogen-bond donors (Lipinski definition) is 1. The maximum absolute atomic E-state index is 12.7. The third-order valence-corrected chi connectivity index (χ3v) is 7.88. The van der Waals surface area contributed by atoms with Crippen molar-refractivity contribution in [3.63, 3.8) is 0 Å². The Labute approximate surface area is 188 Å². The molecule has 1 aromatic carbocycles. The Bertz CT molecular complexity index is 1140. The second-order valence-electron chi connectivity index (χ2n) is 9.14. The number of furan rings is 1. The fourth-order valence-corrected chi connectivity index (χ4v) is 5.69. The molecule has 2 aliphatic rings. The average Bonchev–Trinajstić information content (AvgIpc) is 3.08. The summed E-state index contributed by atoms with van der Waals surface area (Å²) in [5.41, 5.74) is 1.67. The number of ketones is 1. The first-order chi connectivity index (χ1) is 15.1. The van der Waals surface area contributed by atoms with E-state index in [1.165, 1.54) is 4.31 Å². The highest BCUT2D eigenvalue weighted by Gasteiger charge is 2.37. The van der Waals surface area contributed by atoms with E-state index in [-0.39, 0.29) is 28.4 Å². The van der Waals surface area contributed by atoms with Gasteiger partial charge in [0.15, 0.2) is 11.5 Å². The molecule has 1 aromatic heterocycles. The minimum atomic E-state index is -3.56. The molecule has 0 unspecified atom stereocenters. The summed E-state index contributed by atoms with van der Waals surface area (Å²) in [7, 11) is -3.56. The Balaban J connectivity index is 1.43. The van der Waals surface area contributed by atoms with Crippen molar-refractivity contribution in [3.05, 3.63) is 52.5 Å². The highest BCUT2D eigenvalue weighted by Crippen LogP contribution is 2.38. The lowest BCUT2D eigenvalue weighted by Gasteiger charge is -2.27. The fraction of sp³-hybridized carbons (Fsp3) is 0.478. The van der Waals surface area contributed by atoms with Gasteiger partial charge in [-0.15, -0.1) is 0 Å². The van der Waals surface area contributed by atoms with Crippen molar-refractivity contribution in [2.24, 2.45) is 5.41 Å². The zero-order valence-corrected chi connectivity index (χ0v) is 19.4. The maximum atomic E-state index is 12.7. The van der Waals surface area contributed by atoms with Crippen LogP contribution in [-0.4, -0.2) is 50.7 Å². The number of hydrogen-bond acceptors (Lipinski definition) is 6. The van der Waals surface area contributed by atoms with Crippen molar-refractivity contribution in [1.29, 1.82) is 0 Å². The molecule has 9 heteroatoms. The van der Waals surface area contributed by atoms with E-state index in [1.807, 2.05) is 13.8 Å². The molecular formula is C23H28N2O6S. The van der Waals surface area contributed by atoms with E-state index in [4.69, 9.17) is 9.15 Å². The van der Waals surface area contributed by atoms with Gasteiger partial charge in [0.1, 0.15) is 5.76 Å². The number of amides is 1. The van der Waals surface area contributed by atoms with Gasteiger partial charge in [0, 0.05) is 38.0 Å². The first kappa shape index (κ1) is 22.7. The molecule has 172 valence electrons. The number of nitrogens with one attached hydrogen (secondary N) is 1. The standard InChI is InChI=1S/C23H28N2O6S/c1-15-20-18(26)12-23(2,3)13-19(20)31-21(15)22(27)24-14-16-4-6-17(7-5-16)32(28,29)25-8-10-30-11-9-25/h4-7H,8-14H2,1-3H3,(H,24,27). The number of benzene rings is 1. The number of fused-ring (bicyclic) bond motifs is 1. The quantitative estimate of drug-likeness (QED) is 0.735. The Hall–Kier alpha value is -2.49. The summed E-state index contributed by atoms with van der Waals surface area (Å²) in [6.45, 7) is 7.42. The van der Waals surface area contributed by atoms with Crippen molar-refractivity contribution in [3.8, 4) is 0 Å². The van der Waals surface area contributed by atoms with Gasteiger partial charge >= 0.3 is 0 Å². The van der Waals surface area contributed by atoms with E-state index in [9.17, 15) is 18.0 Å². The Morgan fingerprint density at radius 1 is 1.12 bits per heavy atom. The zero-order chi connectivity index (χ0) is 23.1. The number of Topliss-reactive ketones (excluding diaryl/α,β-unsaturated/α-hetero) is 1. The van der Waals surface area contributed by atoms with Crippen LogP contribution in [0.4, 0.5) is 0 Å². The van der Waals surface area contributed by atoms with Crippen LogP contribution < -0.4 is 5.32 Å². The second kappa shape index (κ2) is 8.46. The Morgan fingerprint density at radius 2 is 1.78 bits per heavy atom. The lowest BCUT2D eigenvalue weighted by atomic mass is 9.76. The molecule has 0 radical (unpaired) electrons. The Kier molecular flexibility index (Phi) is 6.00. The number of nitrogens with zero attached hydrogens (tertiary/aromatic N) is 1. The molecule has 8 nitrogen and oxygen atoms in total. The number of rotatable bonds is 5. The minimum Gasteiger partial charge on any atom is -0.455 e.